The van der Waals surface area contributed by atoms with E-state index in [1.807, 2.05) is 0 Å². The van der Waals surface area contributed by atoms with Crippen molar-refractivity contribution in [1.82, 2.24) is 0 Å². The molecule has 0 unspecified atom stereocenters. The smallest absolute Gasteiger partial charge is 0.136 e. The lowest BCUT2D eigenvalue weighted by Gasteiger charge is -2.33. The quantitative estimate of drug-likeness (QED) is 0.620. The molecule has 2 heteroatoms. The Balaban J connectivity index is 2.20. The Labute approximate surface area is 81.9 Å². The van der Waals surface area contributed by atoms with Gasteiger partial charge < -0.3 is 0 Å². The molecule has 13 heavy (non-hydrogen) atoms. The molecule has 1 nitrogen and oxygen atoms in total. The third-order valence-electron chi connectivity index (χ3n) is 4.25. The van der Waals surface area contributed by atoms with Gasteiger partial charge in [-0.2, -0.15) is 0 Å². The van der Waals surface area contributed by atoms with Gasteiger partial charge in [0, 0.05) is 12.3 Å². The fraction of sp³-hybridized carbons (Fsp3) is 0.909. The van der Waals surface area contributed by atoms with Gasteiger partial charge in [-0.25, -0.2) is 0 Å². The first kappa shape index (κ1) is 9.44. The molecule has 0 amide bonds. The molecule has 74 valence electrons. The van der Waals surface area contributed by atoms with Crippen LogP contribution in [0.2, 0.25) is 24.7 Å². The Morgan fingerprint density at radius 1 is 1.31 bits per heavy atom. The van der Waals surface area contributed by atoms with Gasteiger partial charge in [0.15, 0.2) is 0 Å². The third kappa shape index (κ3) is 1.30. The van der Waals surface area contributed by atoms with Crippen molar-refractivity contribution in [3.8, 4) is 0 Å². The molecule has 1 atom stereocenters. The van der Waals surface area contributed by atoms with E-state index in [-0.39, 0.29) is 0 Å². The van der Waals surface area contributed by atoms with Crippen LogP contribution in [0.4, 0.5) is 0 Å². The number of carbonyl (C=O) groups excluding carboxylic acids is 1. The van der Waals surface area contributed by atoms with Crippen LogP contribution in [0.25, 0.3) is 0 Å². The Morgan fingerprint density at radius 3 is 2.23 bits per heavy atom. The van der Waals surface area contributed by atoms with Crippen LogP contribution in [-0.4, -0.2) is 13.9 Å². The molecule has 2 aliphatic carbocycles. The van der Waals surface area contributed by atoms with Gasteiger partial charge in [-0.05, 0) is 30.7 Å². The predicted octanol–water partition coefficient (Wildman–Crippen LogP) is 3.23. The minimum Gasteiger partial charge on any atom is -0.299 e. The summed E-state index contributed by atoms with van der Waals surface area (Å²) in [6, 6.07) is 0. The lowest BCUT2D eigenvalue weighted by atomic mass is 10.0. The fourth-order valence-corrected chi connectivity index (χ4v) is 6.13. The van der Waals surface area contributed by atoms with Gasteiger partial charge in [-0.3, -0.25) is 4.79 Å². The largest absolute Gasteiger partial charge is 0.299 e. The van der Waals surface area contributed by atoms with Crippen molar-refractivity contribution in [1.29, 1.82) is 0 Å². The zero-order valence-corrected chi connectivity index (χ0v) is 10.0. The van der Waals surface area contributed by atoms with E-state index >= 15 is 0 Å². The van der Waals surface area contributed by atoms with Crippen LogP contribution < -0.4 is 0 Å². The topological polar surface area (TPSA) is 17.1 Å². The van der Waals surface area contributed by atoms with Crippen molar-refractivity contribution in [2.24, 2.45) is 5.92 Å². The van der Waals surface area contributed by atoms with E-state index in [2.05, 4.69) is 19.6 Å². The Bertz CT molecular complexity index is 235. The first-order valence-corrected chi connectivity index (χ1v) is 9.00. The monoisotopic (exact) mass is 196 g/mol. The maximum atomic E-state index is 11.7. The molecule has 2 fully saturated rings. The van der Waals surface area contributed by atoms with Crippen LogP contribution in [0, 0.1) is 5.92 Å². The summed E-state index contributed by atoms with van der Waals surface area (Å²) in [5.41, 5.74) is 0. The van der Waals surface area contributed by atoms with Crippen LogP contribution in [-0.2, 0) is 4.79 Å². The van der Waals surface area contributed by atoms with Gasteiger partial charge >= 0.3 is 0 Å². The first-order valence-electron chi connectivity index (χ1n) is 5.50. The molecule has 2 rings (SSSR count). The highest BCUT2D eigenvalue weighted by atomic mass is 28.3. The number of ketones is 1. The van der Waals surface area contributed by atoms with E-state index in [1.54, 1.807) is 0 Å². The second-order valence-corrected chi connectivity index (χ2v) is 11.3. The van der Waals surface area contributed by atoms with Gasteiger partial charge in [0.25, 0.3) is 0 Å². The van der Waals surface area contributed by atoms with Crippen LogP contribution in [0.5, 0.6) is 0 Å². The zero-order chi connectivity index (χ0) is 9.69. The highest BCUT2D eigenvalue weighted by Crippen LogP contribution is 2.68. The summed E-state index contributed by atoms with van der Waals surface area (Å²) in [5, 5.41) is 0.528. The maximum Gasteiger partial charge on any atom is 0.136 e. The minimum absolute atomic E-state index is 0.471. The maximum absolute atomic E-state index is 11.7. The molecule has 0 bridgehead atoms. The molecule has 0 spiro atoms. The van der Waals surface area contributed by atoms with E-state index in [9.17, 15) is 4.79 Å². The summed E-state index contributed by atoms with van der Waals surface area (Å²) in [7, 11) is -1.10. The third-order valence-corrected chi connectivity index (χ3v) is 8.09. The molecule has 0 heterocycles. The highest BCUT2D eigenvalue weighted by Gasteiger charge is 2.59. The van der Waals surface area contributed by atoms with Gasteiger partial charge in [0.05, 0.1) is 8.07 Å². The van der Waals surface area contributed by atoms with Crippen LogP contribution in [0.3, 0.4) is 0 Å². The standard InChI is InChI=1S/C11H20OSi/c1-13(2,3)11(7-8-11)9-5-4-6-10(9)12/h9H,4-8H2,1-3H3/t9-/m0/s1. The lowest BCUT2D eigenvalue weighted by molar-refractivity contribution is -0.121. The number of carbonyl (C=O) groups is 1. The fourth-order valence-electron chi connectivity index (χ4n) is 3.16. The van der Waals surface area contributed by atoms with Gasteiger partial charge in [-0.15, -0.1) is 0 Å². The summed E-state index contributed by atoms with van der Waals surface area (Å²) in [4.78, 5) is 11.7. The van der Waals surface area contributed by atoms with Gasteiger partial charge in [0.1, 0.15) is 5.78 Å². The van der Waals surface area contributed by atoms with Crippen molar-refractivity contribution in [3.05, 3.63) is 0 Å². The number of Topliss-reactive ketones (excluding diaryl/α,β-unsaturated/α-hetero) is 1. The molecule has 2 aliphatic rings. The summed E-state index contributed by atoms with van der Waals surface area (Å²) < 4.78 is 0. The van der Waals surface area contributed by atoms with Gasteiger partial charge in [-0.1, -0.05) is 19.6 Å². The second kappa shape index (κ2) is 2.69. The molecule has 0 radical (unpaired) electrons. The molecule has 0 aromatic carbocycles. The van der Waals surface area contributed by atoms with E-state index in [0.29, 0.717) is 16.7 Å². The summed E-state index contributed by atoms with van der Waals surface area (Å²) in [6.45, 7) is 7.31. The molecule has 0 N–H and O–H groups in total. The molecule has 2 saturated carbocycles. The van der Waals surface area contributed by atoms with Crippen LogP contribution >= 0.6 is 0 Å². The van der Waals surface area contributed by atoms with E-state index in [4.69, 9.17) is 0 Å². The second-order valence-electron chi connectivity index (χ2n) is 5.82. The van der Waals surface area contributed by atoms with Crippen molar-refractivity contribution < 1.29 is 4.79 Å². The Kier molecular flexibility index (Phi) is 1.95. The molecule has 0 saturated heterocycles. The molecular formula is C11H20OSi. The predicted molar refractivity (Wildman–Crippen MR) is 57.6 cm³/mol. The van der Waals surface area contributed by atoms with Crippen molar-refractivity contribution >= 4 is 13.9 Å². The SMILES string of the molecule is C[Si](C)(C)C1([C@H]2CCCC2=O)CC1. The van der Waals surface area contributed by atoms with Gasteiger partial charge in [0.2, 0.25) is 0 Å². The van der Waals surface area contributed by atoms with E-state index in [0.717, 1.165) is 12.8 Å². The zero-order valence-electron chi connectivity index (χ0n) is 9.02. The molecule has 0 aromatic heterocycles. The van der Waals surface area contributed by atoms with Crippen molar-refractivity contribution in [2.45, 2.75) is 56.8 Å². The average molecular weight is 196 g/mol. The Hall–Kier alpha value is -0.113. The normalized spacial score (nSPS) is 32.2. The number of rotatable bonds is 2. The average Bonchev–Trinajstić information content (AvgIpc) is 2.70. The van der Waals surface area contributed by atoms with Crippen LogP contribution in [0.1, 0.15) is 32.1 Å². The minimum atomic E-state index is -1.10. The first-order chi connectivity index (χ1) is 5.97. The van der Waals surface area contributed by atoms with E-state index in [1.165, 1.54) is 19.3 Å². The summed E-state index contributed by atoms with van der Waals surface area (Å²) in [6.07, 6.45) is 5.92. The van der Waals surface area contributed by atoms with Crippen molar-refractivity contribution in [2.75, 3.05) is 0 Å². The lowest BCUT2D eigenvalue weighted by Crippen LogP contribution is -2.36. The molecule has 0 aromatic rings. The summed E-state index contributed by atoms with van der Waals surface area (Å²) >= 11 is 0. The highest BCUT2D eigenvalue weighted by molar-refractivity contribution is 6.80. The number of hydrogen-bond acceptors (Lipinski definition) is 1. The number of hydrogen-bond donors (Lipinski definition) is 0. The van der Waals surface area contributed by atoms with Crippen molar-refractivity contribution in [3.63, 3.8) is 0 Å². The van der Waals surface area contributed by atoms with E-state index < -0.39 is 8.07 Å². The molecular weight excluding hydrogens is 176 g/mol. The Morgan fingerprint density at radius 2 is 1.92 bits per heavy atom. The van der Waals surface area contributed by atoms with Crippen LogP contribution in [0.15, 0.2) is 0 Å². The summed E-state index contributed by atoms with van der Waals surface area (Å²) in [5.74, 6) is 1.05. The molecule has 0 aliphatic heterocycles.